The van der Waals surface area contributed by atoms with Crippen LogP contribution in [0, 0.1) is 0 Å². The number of ether oxygens (including phenoxy) is 1. The van der Waals surface area contributed by atoms with E-state index < -0.39 is 28.5 Å². The van der Waals surface area contributed by atoms with E-state index in [9.17, 15) is 18.0 Å². The Morgan fingerprint density at radius 1 is 0.976 bits per heavy atom. The number of hydrogen-bond donors (Lipinski definition) is 1. The second-order valence-electron chi connectivity index (χ2n) is 10.2. The van der Waals surface area contributed by atoms with Crippen LogP contribution in [-0.2, 0) is 26.2 Å². The summed E-state index contributed by atoms with van der Waals surface area (Å²) in [5.41, 5.74) is 0.868. The molecule has 1 fully saturated rings. The first-order valence-corrected chi connectivity index (χ1v) is 16.1. The van der Waals surface area contributed by atoms with E-state index in [2.05, 4.69) is 5.32 Å². The van der Waals surface area contributed by atoms with Crippen molar-refractivity contribution in [3.8, 4) is 5.75 Å². The third-order valence-corrected chi connectivity index (χ3v) is 9.54. The molecule has 3 aromatic rings. The van der Waals surface area contributed by atoms with Crippen molar-refractivity contribution in [2.24, 2.45) is 0 Å². The Bertz CT molecular complexity index is 1480. The predicted octanol–water partition coefficient (Wildman–Crippen LogP) is 6.06. The normalized spacial score (nSPS) is 14.3. The number of rotatable bonds is 12. The highest BCUT2D eigenvalue weighted by atomic mass is 35.5. The lowest BCUT2D eigenvalue weighted by Gasteiger charge is -2.34. The summed E-state index contributed by atoms with van der Waals surface area (Å²) in [5, 5.41) is 3.54. The van der Waals surface area contributed by atoms with Gasteiger partial charge in [-0.3, -0.25) is 13.9 Å². The van der Waals surface area contributed by atoms with Crippen LogP contribution in [-0.4, -0.2) is 50.9 Å². The number of carbonyl (C=O) groups excluding carboxylic acids is 2. The second kappa shape index (κ2) is 14.3. The molecule has 0 radical (unpaired) electrons. The molecule has 42 heavy (non-hydrogen) atoms. The minimum absolute atomic E-state index is 0.000684. The molecule has 0 spiro atoms. The highest BCUT2D eigenvalue weighted by Gasteiger charge is 2.34. The van der Waals surface area contributed by atoms with Crippen LogP contribution in [0.15, 0.2) is 77.7 Å². The third kappa shape index (κ3) is 7.76. The average Bonchev–Trinajstić information content (AvgIpc) is 3.48. The molecule has 4 rings (SSSR count). The first-order valence-electron chi connectivity index (χ1n) is 13.9. The summed E-state index contributed by atoms with van der Waals surface area (Å²) in [5.74, 6) is -0.212. The van der Waals surface area contributed by atoms with Gasteiger partial charge in [0, 0.05) is 22.6 Å². The van der Waals surface area contributed by atoms with Crippen LogP contribution in [0.25, 0.3) is 0 Å². The van der Waals surface area contributed by atoms with Gasteiger partial charge < -0.3 is 15.0 Å². The Kier molecular flexibility index (Phi) is 10.8. The highest BCUT2D eigenvalue weighted by Crippen LogP contribution is 2.30. The molecule has 3 aromatic carbocycles. The van der Waals surface area contributed by atoms with Gasteiger partial charge in [0.05, 0.1) is 17.7 Å². The van der Waals surface area contributed by atoms with Crippen molar-refractivity contribution in [3.63, 3.8) is 0 Å². The van der Waals surface area contributed by atoms with Crippen molar-refractivity contribution in [2.45, 2.75) is 62.6 Å². The molecule has 8 nitrogen and oxygen atoms in total. The zero-order chi connectivity index (χ0) is 30.3. The molecule has 0 aliphatic heterocycles. The van der Waals surface area contributed by atoms with Crippen LogP contribution in [0.3, 0.4) is 0 Å². The number of hydrogen-bond acceptors (Lipinski definition) is 5. The average molecular weight is 633 g/mol. The monoisotopic (exact) mass is 631 g/mol. The van der Waals surface area contributed by atoms with Gasteiger partial charge in [0.1, 0.15) is 18.3 Å². The first-order chi connectivity index (χ1) is 20.1. The van der Waals surface area contributed by atoms with Crippen molar-refractivity contribution < 1.29 is 22.7 Å². The quantitative estimate of drug-likeness (QED) is 0.262. The summed E-state index contributed by atoms with van der Waals surface area (Å²) in [6.07, 6.45) is 4.21. The molecular formula is C31H35Cl2N3O5S. The maximum atomic E-state index is 14.2. The van der Waals surface area contributed by atoms with E-state index in [1.54, 1.807) is 43.5 Å². The van der Waals surface area contributed by atoms with E-state index in [-0.39, 0.29) is 39.1 Å². The van der Waals surface area contributed by atoms with E-state index in [0.717, 1.165) is 35.6 Å². The molecule has 224 valence electrons. The van der Waals surface area contributed by atoms with Gasteiger partial charge in [-0.1, -0.05) is 73.3 Å². The fourth-order valence-corrected chi connectivity index (χ4v) is 7.12. The Morgan fingerprint density at radius 2 is 1.64 bits per heavy atom. The number of anilines is 1. The Morgan fingerprint density at radius 3 is 2.26 bits per heavy atom. The molecule has 0 heterocycles. The Balaban J connectivity index is 1.74. The molecule has 0 saturated heterocycles. The maximum absolute atomic E-state index is 14.2. The van der Waals surface area contributed by atoms with Gasteiger partial charge in [0.2, 0.25) is 11.8 Å². The number of nitrogens with zero attached hydrogens (tertiary/aromatic N) is 2. The number of methoxy groups -OCH3 is 1. The maximum Gasteiger partial charge on any atom is 0.264 e. The van der Waals surface area contributed by atoms with Crippen LogP contribution >= 0.6 is 23.2 Å². The zero-order valence-electron chi connectivity index (χ0n) is 23.6. The van der Waals surface area contributed by atoms with E-state index in [1.807, 2.05) is 13.0 Å². The minimum atomic E-state index is -4.22. The van der Waals surface area contributed by atoms with Crippen LogP contribution < -0.4 is 14.4 Å². The number of halogens is 2. The highest BCUT2D eigenvalue weighted by molar-refractivity contribution is 7.92. The minimum Gasteiger partial charge on any atom is -0.497 e. The van der Waals surface area contributed by atoms with Gasteiger partial charge in [0.15, 0.2) is 0 Å². The van der Waals surface area contributed by atoms with Gasteiger partial charge in [-0.25, -0.2) is 8.42 Å². The second-order valence-corrected chi connectivity index (χ2v) is 13.0. The molecule has 11 heteroatoms. The fraction of sp³-hybridized carbons (Fsp3) is 0.355. The predicted molar refractivity (Wildman–Crippen MR) is 165 cm³/mol. The number of carbonyl (C=O) groups is 2. The van der Waals surface area contributed by atoms with E-state index in [1.165, 1.54) is 35.2 Å². The van der Waals surface area contributed by atoms with E-state index in [0.29, 0.717) is 12.2 Å². The smallest absolute Gasteiger partial charge is 0.264 e. The van der Waals surface area contributed by atoms with Gasteiger partial charge in [0.25, 0.3) is 10.0 Å². The van der Waals surface area contributed by atoms with Crippen molar-refractivity contribution in [3.05, 3.63) is 88.4 Å². The topological polar surface area (TPSA) is 96.0 Å². The summed E-state index contributed by atoms with van der Waals surface area (Å²) in [7, 11) is -2.67. The fourth-order valence-electron chi connectivity index (χ4n) is 5.19. The van der Waals surface area contributed by atoms with Crippen LogP contribution in [0.4, 0.5) is 5.69 Å². The Hall–Kier alpha value is -3.27. The van der Waals surface area contributed by atoms with Crippen molar-refractivity contribution in [2.75, 3.05) is 18.0 Å². The van der Waals surface area contributed by atoms with Crippen LogP contribution in [0.5, 0.6) is 5.75 Å². The van der Waals surface area contributed by atoms with Gasteiger partial charge >= 0.3 is 0 Å². The standard InChI is InChI=1S/C31H35Cl2N3O5S/c1-3-29(31(38)34-25-11-7-8-12-25)35(20-22-10-9-13-27(16-22)41-2)30(37)21-36(26-18-23(32)17-24(33)19-26)42(39,40)28-14-5-4-6-15-28/h4-6,9-10,13-19,25,29H,3,7-8,11-12,20-21H2,1-2H3,(H,34,38)/t29-/m1/s1. The van der Waals surface area contributed by atoms with Gasteiger partial charge in [-0.15, -0.1) is 0 Å². The molecule has 1 saturated carbocycles. The molecule has 1 N–H and O–H groups in total. The molecule has 1 aliphatic carbocycles. The van der Waals surface area contributed by atoms with Crippen molar-refractivity contribution in [1.82, 2.24) is 10.2 Å². The largest absolute Gasteiger partial charge is 0.497 e. The van der Waals surface area contributed by atoms with Gasteiger partial charge in [-0.2, -0.15) is 0 Å². The molecule has 0 aromatic heterocycles. The molecule has 1 atom stereocenters. The summed E-state index contributed by atoms with van der Waals surface area (Å²) < 4.78 is 34.2. The SMILES string of the molecule is CC[C@H](C(=O)NC1CCCC1)N(Cc1cccc(OC)c1)C(=O)CN(c1cc(Cl)cc(Cl)c1)S(=O)(=O)c1ccccc1. The number of amides is 2. The zero-order valence-corrected chi connectivity index (χ0v) is 26.0. The molecule has 1 aliphatic rings. The van der Waals surface area contributed by atoms with Crippen molar-refractivity contribution in [1.29, 1.82) is 0 Å². The molecular weight excluding hydrogens is 597 g/mol. The first kappa shape index (κ1) is 31.7. The summed E-state index contributed by atoms with van der Waals surface area (Å²) in [6, 6.07) is 18.6. The summed E-state index contributed by atoms with van der Waals surface area (Å²) in [6.45, 7) is 1.33. The number of benzene rings is 3. The third-order valence-electron chi connectivity index (χ3n) is 7.32. The Labute approximate surface area is 257 Å². The number of sulfonamides is 1. The van der Waals surface area contributed by atoms with E-state index >= 15 is 0 Å². The molecule has 0 bridgehead atoms. The van der Waals surface area contributed by atoms with Crippen LogP contribution in [0.2, 0.25) is 10.0 Å². The van der Waals surface area contributed by atoms with Crippen LogP contribution in [0.1, 0.15) is 44.6 Å². The summed E-state index contributed by atoms with van der Waals surface area (Å²) >= 11 is 12.5. The molecule has 2 amide bonds. The number of nitrogens with one attached hydrogen (secondary N) is 1. The lowest BCUT2D eigenvalue weighted by molar-refractivity contribution is -0.140. The lowest BCUT2D eigenvalue weighted by Crippen LogP contribution is -2.53. The van der Waals surface area contributed by atoms with E-state index in [4.69, 9.17) is 27.9 Å². The summed E-state index contributed by atoms with van der Waals surface area (Å²) in [4.78, 5) is 29.2. The lowest BCUT2D eigenvalue weighted by atomic mass is 10.1. The van der Waals surface area contributed by atoms with Crippen molar-refractivity contribution >= 4 is 50.7 Å². The van der Waals surface area contributed by atoms with Gasteiger partial charge in [-0.05, 0) is 67.3 Å². The molecule has 0 unspecified atom stereocenters.